The Hall–Kier alpha value is 0.766. The van der Waals surface area contributed by atoms with Crippen molar-refractivity contribution < 1.29 is 0 Å². The summed E-state index contributed by atoms with van der Waals surface area (Å²) in [6, 6.07) is 0. The Kier molecular flexibility index (Phi) is 9.52. The first-order valence-corrected chi connectivity index (χ1v) is 2.10. The van der Waals surface area contributed by atoms with E-state index in [4.69, 9.17) is 0 Å². The lowest BCUT2D eigenvalue weighted by Crippen LogP contribution is -1.77. The Morgan fingerprint density at radius 2 is 1.83 bits per heavy atom. The van der Waals surface area contributed by atoms with Gasteiger partial charge in [-0.25, -0.2) is 0 Å². The van der Waals surface area contributed by atoms with E-state index in [-0.39, 0.29) is 23.1 Å². The van der Waals surface area contributed by atoms with Gasteiger partial charge in [0.15, 0.2) is 0 Å². The second-order valence-electron chi connectivity index (χ2n) is 1.51. The normalized spacial score (nSPS) is 8.00. The van der Waals surface area contributed by atoms with E-state index in [1.54, 1.807) is 0 Å². The average Bonchev–Trinajstić information content (AvgIpc) is 1.38. The largest absolute Gasteiger partial charge is 0.316 e. The van der Waals surface area contributed by atoms with E-state index < -0.39 is 0 Å². The highest BCUT2D eigenvalue weighted by molar-refractivity contribution is 5.75. The highest BCUT2D eigenvalue weighted by Crippen LogP contribution is 1.93. The molecule has 35 valence electrons. The van der Waals surface area contributed by atoms with Gasteiger partial charge in [-0.3, -0.25) is 0 Å². The highest BCUT2D eigenvalue weighted by atomic mass is 24.3. The maximum Gasteiger partial charge on any atom is 0.316 e. The molecule has 0 aliphatic rings. The summed E-state index contributed by atoms with van der Waals surface area (Å²) < 4.78 is 0. The van der Waals surface area contributed by atoms with Crippen LogP contribution in [0.2, 0.25) is 0 Å². The first-order chi connectivity index (χ1) is 2.27. The van der Waals surface area contributed by atoms with E-state index in [0.29, 0.717) is 5.92 Å². The van der Waals surface area contributed by atoms with Gasteiger partial charge in [-0.15, -0.1) is 0 Å². The van der Waals surface area contributed by atoms with Crippen LogP contribution in [0.1, 0.15) is 20.3 Å². The molecule has 1 heteroatoms. The molecule has 1 unspecified atom stereocenters. The topological polar surface area (TPSA) is 0 Å². The van der Waals surface area contributed by atoms with Gasteiger partial charge in [-0.1, -0.05) is 27.2 Å². The third-order valence-electron chi connectivity index (χ3n) is 0.697. The van der Waals surface area contributed by atoms with Crippen molar-refractivity contribution in [1.29, 1.82) is 0 Å². The minimum absolute atomic E-state index is 0. The van der Waals surface area contributed by atoms with E-state index in [1.807, 2.05) is 0 Å². The molecule has 0 aromatic rings. The van der Waals surface area contributed by atoms with Crippen LogP contribution in [0, 0.1) is 12.8 Å². The fourth-order valence-corrected chi connectivity index (χ4v) is 0. The summed E-state index contributed by atoms with van der Waals surface area (Å²) in [5.74, 6) is 0.634. The third kappa shape index (κ3) is 8.84. The van der Waals surface area contributed by atoms with E-state index in [2.05, 4.69) is 20.8 Å². The molecule has 0 aliphatic carbocycles. The quantitative estimate of drug-likeness (QED) is 0.428. The van der Waals surface area contributed by atoms with Gasteiger partial charge in [0.05, 0.1) is 0 Å². The Morgan fingerprint density at radius 1 is 1.67 bits per heavy atom. The Bertz CT molecular complexity index is 17.9. The van der Waals surface area contributed by atoms with Gasteiger partial charge >= 0.3 is 23.1 Å². The second-order valence-corrected chi connectivity index (χ2v) is 1.51. The van der Waals surface area contributed by atoms with Crippen LogP contribution >= 0.6 is 0 Å². The molecule has 1 radical (unpaired) electrons. The first-order valence-electron chi connectivity index (χ1n) is 2.10. The van der Waals surface area contributed by atoms with Crippen LogP contribution in [0.5, 0.6) is 0 Å². The zero-order valence-electron chi connectivity index (χ0n) is 3.99. The van der Waals surface area contributed by atoms with Gasteiger partial charge < -0.3 is 0 Å². The van der Waals surface area contributed by atoms with Gasteiger partial charge in [-0.2, -0.15) is 0 Å². The average molecular weight is 97.5 g/mol. The molecule has 0 aromatic heterocycles. The third-order valence-corrected chi connectivity index (χ3v) is 0.697. The van der Waals surface area contributed by atoms with E-state index in [1.165, 1.54) is 6.42 Å². The van der Waals surface area contributed by atoms with E-state index >= 15 is 0 Å². The molecule has 0 heterocycles. The predicted molar refractivity (Wildman–Crippen MR) is 33.4 cm³/mol. The lowest BCUT2D eigenvalue weighted by Gasteiger charge is -1.90. The number of hydrogen-bond donors (Lipinski definition) is 0. The summed E-state index contributed by atoms with van der Waals surface area (Å²) in [7, 11) is 0. The van der Waals surface area contributed by atoms with Crippen molar-refractivity contribution in [3.63, 3.8) is 0 Å². The highest BCUT2D eigenvalue weighted by Gasteiger charge is 1.80. The van der Waals surface area contributed by atoms with Crippen LogP contribution in [0.3, 0.4) is 0 Å². The molecule has 0 spiro atoms. The molecule has 0 aromatic carbocycles. The zero-order chi connectivity index (χ0) is 4.28. The van der Waals surface area contributed by atoms with Gasteiger partial charge in [0, 0.05) is 0 Å². The molecule has 0 fully saturated rings. The van der Waals surface area contributed by atoms with Crippen LogP contribution in [-0.2, 0) is 0 Å². The van der Waals surface area contributed by atoms with Crippen molar-refractivity contribution >= 4 is 23.1 Å². The van der Waals surface area contributed by atoms with Crippen molar-refractivity contribution in [3.8, 4) is 0 Å². The summed E-state index contributed by atoms with van der Waals surface area (Å²) in [5.41, 5.74) is 0. The van der Waals surface area contributed by atoms with Crippen LogP contribution in [0.15, 0.2) is 0 Å². The summed E-state index contributed by atoms with van der Waals surface area (Å²) in [6.45, 7) is 8.00. The molecule has 6 heavy (non-hydrogen) atoms. The molecule has 0 bridgehead atoms. The van der Waals surface area contributed by atoms with Crippen molar-refractivity contribution in [1.82, 2.24) is 0 Å². The van der Waals surface area contributed by atoms with Gasteiger partial charge in [0.2, 0.25) is 0 Å². The van der Waals surface area contributed by atoms with E-state index in [0.717, 1.165) is 0 Å². The Balaban J connectivity index is 0. The van der Waals surface area contributed by atoms with Gasteiger partial charge in [0.1, 0.15) is 0 Å². The summed E-state index contributed by atoms with van der Waals surface area (Å²) in [4.78, 5) is 0. The summed E-state index contributed by atoms with van der Waals surface area (Å²) >= 11 is 0. The SMILES string of the molecule is [CH2]C(C)CC.[MgH2]. The standard InChI is InChI=1S/C5H11.Mg.2H/c1-4-5(2)3;;;/h5H,2,4H2,1,3H3;;;. The first kappa shape index (κ1) is 9.90. The molecule has 0 amide bonds. The zero-order valence-corrected chi connectivity index (χ0v) is 3.99. The summed E-state index contributed by atoms with van der Waals surface area (Å²) in [6.07, 6.45) is 1.19. The fraction of sp³-hybridized carbons (Fsp3) is 0.800. The smallest absolute Gasteiger partial charge is 0.0651 e. The minimum atomic E-state index is 0. The molecule has 0 aliphatic heterocycles. The maximum atomic E-state index is 3.76. The second kappa shape index (κ2) is 5.77. The lowest BCUT2D eigenvalue weighted by molar-refractivity contribution is 0.694. The van der Waals surface area contributed by atoms with Gasteiger partial charge in [0.25, 0.3) is 0 Å². The molecule has 0 saturated heterocycles. The van der Waals surface area contributed by atoms with Crippen LogP contribution in [0.25, 0.3) is 0 Å². The van der Waals surface area contributed by atoms with Crippen LogP contribution < -0.4 is 0 Å². The minimum Gasteiger partial charge on any atom is -0.0651 e. The van der Waals surface area contributed by atoms with Crippen LogP contribution in [-0.4, -0.2) is 23.1 Å². The van der Waals surface area contributed by atoms with Crippen molar-refractivity contribution in [2.75, 3.05) is 0 Å². The Morgan fingerprint density at radius 3 is 1.83 bits per heavy atom. The maximum absolute atomic E-state index is 3.76. The molecule has 0 N–H and O–H groups in total. The molecule has 1 atom stereocenters. The van der Waals surface area contributed by atoms with Crippen molar-refractivity contribution in [2.45, 2.75) is 20.3 Å². The van der Waals surface area contributed by atoms with Gasteiger partial charge in [-0.05, 0) is 5.92 Å². The lowest BCUT2D eigenvalue weighted by atomic mass is 10.2. The van der Waals surface area contributed by atoms with Crippen molar-refractivity contribution in [3.05, 3.63) is 6.92 Å². The molecule has 0 rings (SSSR count). The molecule has 0 nitrogen and oxygen atoms in total. The summed E-state index contributed by atoms with van der Waals surface area (Å²) in [5, 5.41) is 0. The van der Waals surface area contributed by atoms with E-state index in [9.17, 15) is 0 Å². The van der Waals surface area contributed by atoms with Crippen molar-refractivity contribution in [2.24, 2.45) is 5.92 Å². The number of hydrogen-bond acceptors (Lipinski definition) is 0. The fourth-order valence-electron chi connectivity index (χ4n) is 0. The Labute approximate surface area is 56.5 Å². The van der Waals surface area contributed by atoms with Crippen LogP contribution in [0.4, 0.5) is 0 Å². The molecular weight excluding hydrogens is 84.4 g/mol. The molecular formula is C5H13Mg. The molecule has 0 saturated carbocycles. The monoisotopic (exact) mass is 97.1 g/mol. The number of rotatable bonds is 1. The predicted octanol–water partition coefficient (Wildman–Crippen LogP) is 0.950.